The smallest absolute Gasteiger partial charge is 0.258 e. The maximum atomic E-state index is 11.9. The van der Waals surface area contributed by atoms with Gasteiger partial charge in [0.1, 0.15) is 5.75 Å². The van der Waals surface area contributed by atoms with Crippen molar-refractivity contribution in [3.63, 3.8) is 0 Å². The number of carbonyl (C=O) groups excluding carboxylic acids is 1. The highest BCUT2D eigenvalue weighted by Crippen LogP contribution is 2.17. The van der Waals surface area contributed by atoms with Gasteiger partial charge in [0.05, 0.1) is 17.7 Å². The van der Waals surface area contributed by atoms with Gasteiger partial charge in [-0.15, -0.1) is 0 Å². The van der Waals surface area contributed by atoms with Crippen LogP contribution in [0.15, 0.2) is 48.5 Å². The first-order valence-corrected chi connectivity index (χ1v) is 7.14. The van der Waals surface area contributed by atoms with E-state index in [1.807, 2.05) is 31.2 Å². The third kappa shape index (κ3) is 4.51. The minimum Gasteiger partial charge on any atom is -0.484 e. The van der Waals surface area contributed by atoms with Crippen LogP contribution in [-0.2, 0) is 4.79 Å². The first-order chi connectivity index (χ1) is 10.6. The van der Waals surface area contributed by atoms with Gasteiger partial charge in [0.15, 0.2) is 6.61 Å². The van der Waals surface area contributed by atoms with Gasteiger partial charge in [0.25, 0.3) is 5.91 Å². The second kappa shape index (κ2) is 7.48. The lowest BCUT2D eigenvalue weighted by atomic mass is 10.1. The molecule has 0 saturated heterocycles. The summed E-state index contributed by atoms with van der Waals surface area (Å²) in [6.45, 7) is 1.76. The maximum Gasteiger partial charge on any atom is 0.258 e. The zero-order chi connectivity index (χ0) is 15.9. The molecular weight excluding hydrogens is 300 g/mol. The number of halogens is 1. The van der Waals surface area contributed by atoms with Crippen LogP contribution < -0.4 is 10.1 Å². The van der Waals surface area contributed by atoms with E-state index in [-0.39, 0.29) is 18.6 Å². The van der Waals surface area contributed by atoms with Crippen molar-refractivity contribution in [3.8, 4) is 11.8 Å². The fraction of sp³-hybridized carbons (Fsp3) is 0.176. The lowest BCUT2D eigenvalue weighted by Crippen LogP contribution is -2.31. The molecule has 112 valence electrons. The summed E-state index contributed by atoms with van der Waals surface area (Å²) < 4.78 is 5.38. The molecular formula is C17H15ClN2O2. The molecule has 0 radical (unpaired) electrons. The van der Waals surface area contributed by atoms with Gasteiger partial charge in [-0.25, -0.2) is 0 Å². The van der Waals surface area contributed by atoms with Gasteiger partial charge in [-0.05, 0) is 42.8 Å². The summed E-state index contributed by atoms with van der Waals surface area (Å²) in [6, 6.07) is 15.9. The molecule has 0 spiro atoms. The normalized spacial score (nSPS) is 11.3. The van der Waals surface area contributed by atoms with E-state index in [0.29, 0.717) is 16.3 Å². The Balaban J connectivity index is 1.89. The third-order valence-corrected chi connectivity index (χ3v) is 3.29. The summed E-state index contributed by atoms with van der Waals surface area (Å²) in [7, 11) is 0. The van der Waals surface area contributed by atoms with Crippen molar-refractivity contribution in [1.82, 2.24) is 5.32 Å². The zero-order valence-corrected chi connectivity index (χ0v) is 12.8. The SMILES string of the molecule is C[C@H](NC(=O)COc1cccc(C#N)c1)c1cccc(Cl)c1. The Hall–Kier alpha value is -2.51. The van der Waals surface area contributed by atoms with E-state index in [9.17, 15) is 4.79 Å². The van der Waals surface area contributed by atoms with Gasteiger partial charge >= 0.3 is 0 Å². The number of nitrogens with zero attached hydrogens (tertiary/aromatic N) is 1. The Morgan fingerprint density at radius 1 is 1.32 bits per heavy atom. The standard InChI is InChI=1S/C17H15ClN2O2/c1-12(14-5-3-6-15(18)9-14)20-17(21)11-22-16-7-2-4-13(8-16)10-19/h2-9,12H,11H2,1H3,(H,20,21)/t12-/m0/s1. The monoisotopic (exact) mass is 314 g/mol. The molecule has 2 aromatic rings. The predicted molar refractivity (Wildman–Crippen MR) is 84.7 cm³/mol. The summed E-state index contributed by atoms with van der Waals surface area (Å²) in [5.74, 6) is 0.249. The number of hydrogen-bond acceptors (Lipinski definition) is 3. The quantitative estimate of drug-likeness (QED) is 0.919. The van der Waals surface area contributed by atoms with Crippen LogP contribution in [0.2, 0.25) is 5.02 Å². The Labute approximate surface area is 134 Å². The molecule has 0 aliphatic heterocycles. The largest absolute Gasteiger partial charge is 0.484 e. The molecule has 0 bridgehead atoms. The van der Waals surface area contributed by atoms with Gasteiger partial charge < -0.3 is 10.1 Å². The van der Waals surface area contributed by atoms with Gasteiger partial charge in [-0.3, -0.25) is 4.79 Å². The number of benzene rings is 2. The molecule has 0 fully saturated rings. The van der Waals surface area contributed by atoms with Crippen molar-refractivity contribution in [1.29, 1.82) is 5.26 Å². The number of nitriles is 1. The van der Waals surface area contributed by atoms with Gasteiger partial charge in [0, 0.05) is 5.02 Å². The number of hydrogen-bond donors (Lipinski definition) is 1. The topological polar surface area (TPSA) is 62.1 Å². The van der Waals surface area contributed by atoms with Crippen LogP contribution in [0.1, 0.15) is 24.1 Å². The summed E-state index contributed by atoms with van der Waals surface area (Å²) in [4.78, 5) is 11.9. The average molecular weight is 315 g/mol. The van der Waals surface area contributed by atoms with Crippen molar-refractivity contribution < 1.29 is 9.53 Å². The van der Waals surface area contributed by atoms with Crippen LogP contribution in [0.3, 0.4) is 0 Å². The van der Waals surface area contributed by atoms with Crippen molar-refractivity contribution in [2.75, 3.05) is 6.61 Å². The molecule has 0 unspecified atom stereocenters. The second-order valence-electron chi connectivity index (χ2n) is 4.77. The van der Waals surface area contributed by atoms with E-state index in [2.05, 4.69) is 5.32 Å². The fourth-order valence-electron chi connectivity index (χ4n) is 1.95. The lowest BCUT2D eigenvalue weighted by molar-refractivity contribution is -0.123. The molecule has 1 N–H and O–H groups in total. The van der Waals surface area contributed by atoms with E-state index in [1.165, 1.54) is 0 Å². The van der Waals surface area contributed by atoms with Crippen LogP contribution in [0.5, 0.6) is 5.75 Å². The molecule has 0 aliphatic rings. The third-order valence-electron chi connectivity index (χ3n) is 3.06. The number of rotatable bonds is 5. The van der Waals surface area contributed by atoms with Crippen LogP contribution in [0.4, 0.5) is 0 Å². The Bertz CT molecular complexity index is 710. The highest BCUT2D eigenvalue weighted by molar-refractivity contribution is 6.30. The van der Waals surface area contributed by atoms with Gasteiger partial charge in [0.2, 0.25) is 0 Å². The number of carbonyl (C=O) groups is 1. The van der Waals surface area contributed by atoms with Crippen molar-refractivity contribution in [2.45, 2.75) is 13.0 Å². The molecule has 1 amide bonds. The summed E-state index contributed by atoms with van der Waals surface area (Å²) in [5.41, 5.74) is 1.41. The van der Waals surface area contributed by atoms with E-state index < -0.39 is 0 Å². The summed E-state index contributed by atoms with van der Waals surface area (Å²) >= 11 is 5.93. The maximum absolute atomic E-state index is 11.9. The molecule has 2 aromatic carbocycles. The summed E-state index contributed by atoms with van der Waals surface area (Å²) in [6.07, 6.45) is 0. The van der Waals surface area contributed by atoms with Crippen molar-refractivity contribution >= 4 is 17.5 Å². The highest BCUT2D eigenvalue weighted by atomic mass is 35.5. The molecule has 4 nitrogen and oxygen atoms in total. The first kappa shape index (κ1) is 15.9. The Morgan fingerprint density at radius 2 is 2.09 bits per heavy atom. The Morgan fingerprint density at radius 3 is 2.82 bits per heavy atom. The van der Waals surface area contributed by atoms with Crippen LogP contribution in [0, 0.1) is 11.3 Å². The van der Waals surface area contributed by atoms with E-state index in [0.717, 1.165) is 5.56 Å². The van der Waals surface area contributed by atoms with Crippen LogP contribution in [0.25, 0.3) is 0 Å². The highest BCUT2D eigenvalue weighted by Gasteiger charge is 2.10. The van der Waals surface area contributed by atoms with Crippen LogP contribution >= 0.6 is 11.6 Å². The minimum atomic E-state index is -0.241. The van der Waals surface area contributed by atoms with Crippen LogP contribution in [-0.4, -0.2) is 12.5 Å². The molecule has 0 aliphatic carbocycles. The molecule has 2 rings (SSSR count). The van der Waals surface area contributed by atoms with E-state index in [1.54, 1.807) is 30.3 Å². The lowest BCUT2D eigenvalue weighted by Gasteiger charge is -2.15. The molecule has 22 heavy (non-hydrogen) atoms. The minimum absolute atomic E-state index is 0.111. The van der Waals surface area contributed by atoms with Crippen molar-refractivity contribution in [2.24, 2.45) is 0 Å². The van der Waals surface area contributed by atoms with E-state index >= 15 is 0 Å². The second-order valence-corrected chi connectivity index (χ2v) is 5.21. The molecule has 0 aromatic heterocycles. The first-order valence-electron chi connectivity index (χ1n) is 6.76. The molecule has 5 heteroatoms. The molecule has 0 saturated carbocycles. The van der Waals surface area contributed by atoms with Crippen molar-refractivity contribution in [3.05, 3.63) is 64.7 Å². The van der Waals surface area contributed by atoms with Gasteiger partial charge in [-0.2, -0.15) is 5.26 Å². The number of nitrogens with one attached hydrogen (secondary N) is 1. The fourth-order valence-corrected chi connectivity index (χ4v) is 2.15. The van der Waals surface area contributed by atoms with Gasteiger partial charge in [-0.1, -0.05) is 29.8 Å². The average Bonchev–Trinajstić information content (AvgIpc) is 2.53. The summed E-state index contributed by atoms with van der Waals surface area (Å²) in [5, 5.41) is 12.3. The molecule has 0 heterocycles. The number of ether oxygens (including phenoxy) is 1. The zero-order valence-electron chi connectivity index (χ0n) is 12.0. The van der Waals surface area contributed by atoms with E-state index in [4.69, 9.17) is 21.6 Å². The Kier molecular flexibility index (Phi) is 5.40. The number of amides is 1. The molecule has 1 atom stereocenters. The predicted octanol–water partition coefficient (Wildman–Crippen LogP) is 3.47.